The molecule has 0 saturated heterocycles. The van der Waals surface area contributed by atoms with E-state index in [9.17, 15) is 9.59 Å². The van der Waals surface area contributed by atoms with Crippen molar-refractivity contribution in [3.8, 4) is 11.5 Å². The standard InChI is InChI=1S/C30H34BrN3O5S/c1-8-33(9-2)21-12-10-19(24(16-21)38-7)14-25-28(35)34-27(22-15-20(31)11-13-23(22)37-6)26(29(36)39-17(3)4)18(5)32-30(34)40-25/h10-17,27H,8-9H2,1-7H3/b25-14-/t27-/m1/s1. The summed E-state index contributed by atoms with van der Waals surface area (Å²) in [6.45, 7) is 11.3. The quantitative estimate of drug-likeness (QED) is 0.317. The average Bonchev–Trinajstić information content (AvgIpc) is 3.22. The molecule has 0 saturated carbocycles. The number of benzene rings is 2. The van der Waals surface area contributed by atoms with Crippen LogP contribution in [0.15, 0.2) is 61.9 Å². The predicted octanol–water partition coefficient (Wildman–Crippen LogP) is 4.81. The van der Waals surface area contributed by atoms with Gasteiger partial charge < -0.3 is 19.1 Å². The number of rotatable bonds is 9. The van der Waals surface area contributed by atoms with Crippen molar-refractivity contribution in [2.75, 3.05) is 32.2 Å². The SMILES string of the molecule is CCN(CC)c1ccc(/C=c2\sc3n(c2=O)[C@H](c2cc(Br)ccc2OC)C(C(=O)OC(C)C)=C(C)N=3)c(OC)c1. The number of aromatic nitrogens is 1. The number of hydrogen-bond acceptors (Lipinski definition) is 8. The van der Waals surface area contributed by atoms with Gasteiger partial charge in [0.15, 0.2) is 4.80 Å². The van der Waals surface area contributed by atoms with Gasteiger partial charge in [0.25, 0.3) is 5.56 Å². The molecule has 0 aliphatic carbocycles. The van der Waals surface area contributed by atoms with Gasteiger partial charge in [-0.15, -0.1) is 0 Å². The second kappa shape index (κ2) is 12.4. The highest BCUT2D eigenvalue weighted by Gasteiger charge is 2.35. The van der Waals surface area contributed by atoms with E-state index in [-0.39, 0.29) is 11.7 Å². The Labute approximate surface area is 246 Å². The van der Waals surface area contributed by atoms with E-state index in [4.69, 9.17) is 14.2 Å². The smallest absolute Gasteiger partial charge is 0.338 e. The molecule has 10 heteroatoms. The van der Waals surface area contributed by atoms with Crippen molar-refractivity contribution < 1.29 is 19.0 Å². The molecule has 0 spiro atoms. The predicted molar refractivity (Wildman–Crippen MR) is 162 cm³/mol. The van der Waals surface area contributed by atoms with Crippen LogP contribution >= 0.6 is 27.3 Å². The zero-order valence-electron chi connectivity index (χ0n) is 23.8. The fraction of sp³-hybridized carbons (Fsp3) is 0.367. The lowest BCUT2D eigenvalue weighted by Gasteiger charge is -2.26. The summed E-state index contributed by atoms with van der Waals surface area (Å²) in [5.41, 5.74) is 2.99. The lowest BCUT2D eigenvalue weighted by Crippen LogP contribution is -2.40. The molecule has 0 unspecified atom stereocenters. The minimum Gasteiger partial charge on any atom is -0.496 e. The molecule has 3 aromatic rings. The highest BCUT2D eigenvalue weighted by atomic mass is 79.9. The number of allylic oxidation sites excluding steroid dienone is 1. The second-order valence-corrected chi connectivity index (χ2v) is 11.4. The summed E-state index contributed by atoms with van der Waals surface area (Å²) in [4.78, 5) is 34.8. The van der Waals surface area contributed by atoms with Crippen LogP contribution in [0.2, 0.25) is 0 Å². The molecule has 1 aliphatic rings. The van der Waals surface area contributed by atoms with Gasteiger partial charge in [0.2, 0.25) is 0 Å². The number of methoxy groups -OCH3 is 2. The van der Waals surface area contributed by atoms with Gasteiger partial charge >= 0.3 is 5.97 Å². The molecule has 2 aromatic carbocycles. The van der Waals surface area contributed by atoms with E-state index in [1.165, 1.54) is 11.3 Å². The highest BCUT2D eigenvalue weighted by Crippen LogP contribution is 2.37. The number of fused-ring (bicyclic) bond motifs is 1. The average molecular weight is 629 g/mol. The van der Waals surface area contributed by atoms with Crippen molar-refractivity contribution >= 4 is 45.0 Å². The Kier molecular flexibility index (Phi) is 9.20. The van der Waals surface area contributed by atoms with Gasteiger partial charge in [0.1, 0.15) is 17.5 Å². The number of carbonyl (C=O) groups is 1. The number of ether oxygens (including phenoxy) is 3. The molecular weight excluding hydrogens is 594 g/mol. The van der Waals surface area contributed by atoms with E-state index in [2.05, 4.69) is 39.7 Å². The number of halogens is 1. The van der Waals surface area contributed by atoms with E-state index in [1.807, 2.05) is 36.4 Å². The summed E-state index contributed by atoms with van der Waals surface area (Å²) < 4.78 is 19.8. The van der Waals surface area contributed by atoms with Gasteiger partial charge in [-0.3, -0.25) is 9.36 Å². The van der Waals surface area contributed by atoms with E-state index in [0.717, 1.165) is 28.8 Å². The molecule has 0 N–H and O–H groups in total. The number of thiazole rings is 1. The van der Waals surface area contributed by atoms with Gasteiger partial charge in [0.05, 0.1) is 36.1 Å². The van der Waals surface area contributed by atoms with E-state index >= 15 is 0 Å². The van der Waals surface area contributed by atoms with Crippen LogP contribution in [0.5, 0.6) is 11.5 Å². The van der Waals surface area contributed by atoms with Gasteiger partial charge in [0, 0.05) is 40.4 Å². The van der Waals surface area contributed by atoms with Crippen molar-refractivity contribution in [2.45, 2.75) is 46.8 Å². The molecule has 0 fully saturated rings. The zero-order chi connectivity index (χ0) is 29.1. The van der Waals surface area contributed by atoms with Gasteiger partial charge in [-0.25, -0.2) is 9.79 Å². The Bertz CT molecular complexity index is 1640. The maximum absolute atomic E-state index is 14.1. The maximum Gasteiger partial charge on any atom is 0.338 e. The van der Waals surface area contributed by atoms with Crippen LogP contribution in [0.4, 0.5) is 5.69 Å². The first kappa shape index (κ1) is 29.6. The van der Waals surface area contributed by atoms with Crippen LogP contribution in [0.25, 0.3) is 6.08 Å². The number of hydrogen-bond donors (Lipinski definition) is 0. The summed E-state index contributed by atoms with van der Waals surface area (Å²) >= 11 is 4.80. The molecule has 212 valence electrons. The van der Waals surface area contributed by atoms with Crippen LogP contribution in [0.3, 0.4) is 0 Å². The minimum absolute atomic E-state index is 0.270. The van der Waals surface area contributed by atoms with Gasteiger partial charge in [-0.2, -0.15) is 0 Å². The van der Waals surface area contributed by atoms with Crippen LogP contribution in [-0.4, -0.2) is 43.9 Å². The second-order valence-electron chi connectivity index (χ2n) is 9.52. The van der Waals surface area contributed by atoms with Crippen LogP contribution in [0, 0.1) is 0 Å². The summed E-state index contributed by atoms with van der Waals surface area (Å²) in [6, 6.07) is 10.7. The number of esters is 1. The Morgan fingerprint density at radius 2 is 1.82 bits per heavy atom. The fourth-order valence-electron chi connectivity index (χ4n) is 4.82. The van der Waals surface area contributed by atoms with E-state index < -0.39 is 12.0 Å². The first-order chi connectivity index (χ1) is 19.1. The Morgan fingerprint density at radius 1 is 1.12 bits per heavy atom. The monoisotopic (exact) mass is 627 g/mol. The third kappa shape index (κ3) is 5.74. The third-order valence-electron chi connectivity index (χ3n) is 6.70. The molecule has 2 heterocycles. The summed E-state index contributed by atoms with van der Waals surface area (Å²) in [5, 5.41) is 0. The van der Waals surface area contributed by atoms with Crippen LogP contribution in [-0.2, 0) is 9.53 Å². The van der Waals surface area contributed by atoms with Crippen LogP contribution < -0.4 is 29.3 Å². The van der Waals surface area contributed by atoms with Gasteiger partial charge in [-0.05, 0) is 71.0 Å². The Morgan fingerprint density at radius 3 is 2.45 bits per heavy atom. The van der Waals surface area contributed by atoms with Crippen molar-refractivity contribution in [3.63, 3.8) is 0 Å². The molecule has 1 aliphatic heterocycles. The van der Waals surface area contributed by atoms with Gasteiger partial charge in [-0.1, -0.05) is 27.3 Å². The maximum atomic E-state index is 14.1. The van der Waals surface area contributed by atoms with Crippen molar-refractivity contribution in [1.82, 2.24) is 4.57 Å². The topological polar surface area (TPSA) is 82.4 Å². The van der Waals surface area contributed by atoms with Crippen molar-refractivity contribution in [1.29, 1.82) is 0 Å². The lowest BCUT2D eigenvalue weighted by molar-refractivity contribution is -0.143. The van der Waals surface area contributed by atoms with Crippen molar-refractivity contribution in [2.24, 2.45) is 4.99 Å². The highest BCUT2D eigenvalue weighted by molar-refractivity contribution is 9.10. The zero-order valence-corrected chi connectivity index (χ0v) is 26.2. The normalized spacial score (nSPS) is 15.1. The largest absolute Gasteiger partial charge is 0.496 e. The molecule has 1 atom stereocenters. The molecule has 0 amide bonds. The molecule has 0 bridgehead atoms. The summed E-state index contributed by atoms with van der Waals surface area (Å²) in [6.07, 6.45) is 1.48. The number of carbonyl (C=O) groups excluding carboxylic acids is 1. The minimum atomic E-state index is -0.788. The molecule has 8 nitrogen and oxygen atoms in total. The van der Waals surface area contributed by atoms with E-state index in [0.29, 0.717) is 37.7 Å². The van der Waals surface area contributed by atoms with Crippen LogP contribution in [0.1, 0.15) is 51.8 Å². The molecule has 40 heavy (non-hydrogen) atoms. The third-order valence-corrected chi connectivity index (χ3v) is 8.18. The Balaban J connectivity index is 1.95. The van der Waals surface area contributed by atoms with Crippen molar-refractivity contribution in [3.05, 3.63) is 83.0 Å². The first-order valence-electron chi connectivity index (χ1n) is 13.1. The molecule has 4 rings (SSSR count). The van der Waals surface area contributed by atoms with E-state index in [1.54, 1.807) is 45.6 Å². The lowest BCUT2D eigenvalue weighted by atomic mass is 9.95. The number of anilines is 1. The number of nitrogens with zero attached hydrogens (tertiary/aromatic N) is 3. The first-order valence-corrected chi connectivity index (χ1v) is 14.7. The molecule has 1 aromatic heterocycles. The molecular formula is C30H34BrN3O5S. The Hall–Kier alpha value is -3.37. The molecule has 0 radical (unpaired) electrons. The summed E-state index contributed by atoms with van der Waals surface area (Å²) in [5.74, 6) is 0.685. The fourth-order valence-corrected chi connectivity index (χ4v) is 6.24. The summed E-state index contributed by atoms with van der Waals surface area (Å²) in [7, 11) is 3.18.